The second kappa shape index (κ2) is 12.2. The first-order valence-electron chi connectivity index (χ1n) is 13.6. The number of nitrogens with one attached hydrogen (secondary N) is 1. The summed E-state index contributed by atoms with van der Waals surface area (Å²) in [4.78, 5) is 20.1. The van der Waals surface area contributed by atoms with Crippen LogP contribution in [-0.2, 0) is 6.42 Å². The fourth-order valence-electron chi connectivity index (χ4n) is 5.34. The van der Waals surface area contributed by atoms with Crippen molar-refractivity contribution in [3.63, 3.8) is 0 Å². The van der Waals surface area contributed by atoms with E-state index in [1.54, 1.807) is 30.6 Å². The average molecular weight is 515 g/mol. The maximum absolute atomic E-state index is 13.7. The Labute approximate surface area is 222 Å². The Morgan fingerprint density at radius 3 is 2.53 bits per heavy atom. The van der Waals surface area contributed by atoms with Crippen molar-refractivity contribution in [2.24, 2.45) is 5.73 Å². The summed E-state index contributed by atoms with van der Waals surface area (Å²) in [6, 6.07) is 11.7. The van der Waals surface area contributed by atoms with Crippen LogP contribution in [0, 0.1) is 5.82 Å². The van der Waals surface area contributed by atoms with Crippen LogP contribution in [0.5, 0.6) is 0 Å². The van der Waals surface area contributed by atoms with Gasteiger partial charge in [0.1, 0.15) is 11.6 Å². The molecule has 4 aromatic rings. The summed E-state index contributed by atoms with van der Waals surface area (Å²) >= 11 is 0. The highest BCUT2D eigenvalue weighted by Crippen LogP contribution is 2.35. The zero-order valence-corrected chi connectivity index (χ0v) is 21.7. The molecular weight excluding hydrogens is 479 g/mol. The van der Waals surface area contributed by atoms with E-state index in [1.807, 2.05) is 22.9 Å². The largest absolute Gasteiger partial charge is 0.366 e. The summed E-state index contributed by atoms with van der Waals surface area (Å²) in [5, 5.41) is 6.93. The molecule has 1 saturated heterocycles. The minimum absolute atomic E-state index is 0.309. The summed E-state index contributed by atoms with van der Waals surface area (Å²) in [5.41, 5.74) is 10.1. The number of unbranched alkanes of at least 4 members (excludes halogenated alkanes) is 3. The van der Waals surface area contributed by atoms with Crippen LogP contribution < -0.4 is 5.73 Å². The molecular formula is C30H35FN6O. The molecule has 0 unspecified atom stereocenters. The van der Waals surface area contributed by atoms with Crippen molar-refractivity contribution in [1.82, 2.24) is 24.6 Å². The predicted octanol–water partition coefficient (Wildman–Crippen LogP) is 5.76. The van der Waals surface area contributed by atoms with Gasteiger partial charge in [-0.05, 0) is 87.6 Å². The Hall–Kier alpha value is -3.78. The number of nitrogens with zero attached hydrogens (tertiary/aromatic N) is 4. The van der Waals surface area contributed by atoms with Crippen molar-refractivity contribution in [3.05, 3.63) is 78.1 Å². The van der Waals surface area contributed by atoms with Gasteiger partial charge in [0.25, 0.3) is 0 Å². The first-order chi connectivity index (χ1) is 18.6. The van der Waals surface area contributed by atoms with Gasteiger partial charge in [0.2, 0.25) is 5.91 Å². The third-order valence-corrected chi connectivity index (χ3v) is 7.33. The molecule has 2 aromatic heterocycles. The van der Waals surface area contributed by atoms with Gasteiger partial charge in [0.15, 0.2) is 0 Å². The lowest BCUT2D eigenvalue weighted by molar-refractivity contribution is 0.100. The molecule has 1 amide bonds. The van der Waals surface area contributed by atoms with Crippen molar-refractivity contribution in [2.45, 2.75) is 51.4 Å². The first kappa shape index (κ1) is 25.9. The van der Waals surface area contributed by atoms with E-state index in [9.17, 15) is 9.18 Å². The van der Waals surface area contributed by atoms with Gasteiger partial charge in [-0.2, -0.15) is 5.10 Å². The van der Waals surface area contributed by atoms with Gasteiger partial charge in [-0.1, -0.05) is 31.4 Å². The molecule has 198 valence electrons. The standard InChI is InChI=1S/C30H35FN6O/c31-23-12-14-25(15-13-23)37-21-24(9-4-1-2-5-16-36-17-6-3-7-18-36)35-30(37)28-26(22-19-33-34-20-22)10-8-11-27(28)29(32)38/h8,10-15,19-21H,1-7,9,16-18H2,(H2,32,38)(H,33,34). The van der Waals surface area contributed by atoms with Crippen molar-refractivity contribution in [3.8, 4) is 28.2 Å². The molecule has 7 nitrogen and oxygen atoms in total. The van der Waals surface area contributed by atoms with Crippen LogP contribution in [0.15, 0.2) is 61.1 Å². The Balaban J connectivity index is 1.40. The summed E-state index contributed by atoms with van der Waals surface area (Å²) in [7, 11) is 0. The minimum atomic E-state index is -0.533. The van der Waals surface area contributed by atoms with Gasteiger partial charge in [-0.25, -0.2) is 9.37 Å². The number of benzene rings is 2. The van der Waals surface area contributed by atoms with Crippen molar-refractivity contribution < 1.29 is 9.18 Å². The number of carbonyl (C=O) groups excluding carboxylic acids is 1. The number of hydrogen-bond donors (Lipinski definition) is 2. The number of hydrogen-bond acceptors (Lipinski definition) is 4. The van der Waals surface area contributed by atoms with Crippen LogP contribution in [0.3, 0.4) is 0 Å². The number of imidazole rings is 1. The van der Waals surface area contributed by atoms with E-state index >= 15 is 0 Å². The van der Waals surface area contributed by atoms with Crippen LogP contribution >= 0.6 is 0 Å². The normalized spacial score (nSPS) is 14.1. The Bertz CT molecular complexity index is 1340. The second-order valence-corrected chi connectivity index (χ2v) is 10.0. The first-order valence-corrected chi connectivity index (χ1v) is 13.6. The number of aromatic amines is 1. The lowest BCUT2D eigenvalue weighted by Gasteiger charge is -2.26. The molecule has 1 aliphatic heterocycles. The number of amides is 1. The van der Waals surface area contributed by atoms with E-state index in [-0.39, 0.29) is 5.82 Å². The lowest BCUT2D eigenvalue weighted by Crippen LogP contribution is -2.30. The SMILES string of the molecule is NC(=O)c1cccc(-c2cn[nH]c2)c1-c1nc(CCCCCCN2CCCCC2)cn1-c1ccc(F)cc1. The Morgan fingerprint density at radius 2 is 1.79 bits per heavy atom. The zero-order chi connectivity index (χ0) is 26.3. The maximum atomic E-state index is 13.7. The van der Waals surface area contributed by atoms with E-state index in [4.69, 9.17) is 10.7 Å². The van der Waals surface area contributed by atoms with Crippen molar-refractivity contribution >= 4 is 5.91 Å². The molecule has 3 heterocycles. The third-order valence-electron chi connectivity index (χ3n) is 7.33. The molecule has 0 aliphatic carbocycles. The number of aromatic nitrogens is 4. The molecule has 1 aliphatic rings. The van der Waals surface area contributed by atoms with Crippen LogP contribution in [0.1, 0.15) is 61.0 Å². The van der Waals surface area contributed by atoms with Gasteiger partial charge in [0, 0.05) is 29.2 Å². The quantitative estimate of drug-likeness (QED) is 0.249. The number of carbonyl (C=O) groups is 1. The molecule has 8 heteroatoms. The van der Waals surface area contributed by atoms with Crippen molar-refractivity contribution in [2.75, 3.05) is 19.6 Å². The highest BCUT2D eigenvalue weighted by molar-refractivity contribution is 6.03. The number of likely N-dealkylation sites (tertiary alicyclic amines) is 1. The molecule has 0 saturated carbocycles. The van der Waals surface area contributed by atoms with E-state index < -0.39 is 5.91 Å². The minimum Gasteiger partial charge on any atom is -0.366 e. The fourth-order valence-corrected chi connectivity index (χ4v) is 5.34. The molecule has 0 atom stereocenters. The number of rotatable bonds is 11. The van der Waals surface area contributed by atoms with Crippen LogP contribution in [0.4, 0.5) is 4.39 Å². The van der Waals surface area contributed by atoms with Crippen LogP contribution in [0.2, 0.25) is 0 Å². The molecule has 5 rings (SSSR count). The van der Waals surface area contributed by atoms with Gasteiger partial charge in [0.05, 0.1) is 17.5 Å². The van der Waals surface area contributed by atoms with Crippen LogP contribution in [0.25, 0.3) is 28.2 Å². The third kappa shape index (κ3) is 6.02. The average Bonchev–Trinajstić information content (AvgIpc) is 3.62. The molecule has 0 radical (unpaired) electrons. The number of halogens is 1. The van der Waals surface area contributed by atoms with Gasteiger partial charge < -0.3 is 10.6 Å². The summed E-state index contributed by atoms with van der Waals surface area (Å²) in [6.45, 7) is 3.69. The number of aryl methyl sites for hydroxylation is 1. The fraction of sp³-hybridized carbons (Fsp3) is 0.367. The Morgan fingerprint density at radius 1 is 1.00 bits per heavy atom. The highest BCUT2D eigenvalue weighted by Gasteiger charge is 2.22. The van der Waals surface area contributed by atoms with E-state index in [2.05, 4.69) is 15.1 Å². The summed E-state index contributed by atoms with van der Waals surface area (Å²) < 4.78 is 15.7. The second-order valence-electron chi connectivity index (χ2n) is 10.0. The van der Waals surface area contributed by atoms with Gasteiger partial charge in [-0.15, -0.1) is 0 Å². The van der Waals surface area contributed by atoms with Gasteiger partial charge >= 0.3 is 0 Å². The number of primary amides is 1. The zero-order valence-electron chi connectivity index (χ0n) is 21.7. The predicted molar refractivity (Wildman–Crippen MR) is 148 cm³/mol. The maximum Gasteiger partial charge on any atom is 0.249 e. The van der Waals surface area contributed by atoms with E-state index in [0.717, 1.165) is 41.8 Å². The molecule has 2 aromatic carbocycles. The summed E-state index contributed by atoms with van der Waals surface area (Å²) in [5.74, 6) is -0.242. The van der Waals surface area contributed by atoms with Crippen molar-refractivity contribution in [1.29, 1.82) is 0 Å². The molecule has 3 N–H and O–H groups in total. The number of nitrogens with two attached hydrogens (primary N) is 1. The topological polar surface area (TPSA) is 92.8 Å². The Kier molecular flexibility index (Phi) is 8.28. The number of piperidine rings is 1. The molecule has 0 spiro atoms. The van der Waals surface area contributed by atoms with Crippen LogP contribution in [-0.4, -0.2) is 50.2 Å². The lowest BCUT2D eigenvalue weighted by atomic mass is 9.96. The highest BCUT2D eigenvalue weighted by atomic mass is 19.1. The molecule has 1 fully saturated rings. The monoisotopic (exact) mass is 514 g/mol. The van der Waals surface area contributed by atoms with E-state index in [0.29, 0.717) is 17.0 Å². The summed E-state index contributed by atoms with van der Waals surface area (Å²) in [6.07, 6.45) is 15.0. The van der Waals surface area contributed by atoms with E-state index in [1.165, 1.54) is 63.9 Å². The smallest absolute Gasteiger partial charge is 0.249 e. The van der Waals surface area contributed by atoms with Gasteiger partial charge in [-0.3, -0.25) is 14.5 Å². The molecule has 38 heavy (non-hydrogen) atoms. The molecule has 0 bridgehead atoms. The number of H-pyrrole nitrogens is 1.